The molecule has 1 aromatic carbocycles. The minimum Gasteiger partial charge on any atom is -0.478 e. The molecule has 0 amide bonds. The van der Waals surface area contributed by atoms with E-state index in [2.05, 4.69) is 0 Å². The summed E-state index contributed by atoms with van der Waals surface area (Å²) in [5, 5.41) is 8.69. The molecule has 0 aliphatic carbocycles. The van der Waals surface area contributed by atoms with E-state index in [1.54, 1.807) is 6.92 Å². The van der Waals surface area contributed by atoms with Crippen molar-refractivity contribution in [1.82, 2.24) is 0 Å². The highest BCUT2D eigenvalue weighted by Gasteiger charge is 2.10. The zero-order valence-corrected chi connectivity index (χ0v) is 9.01. The van der Waals surface area contributed by atoms with E-state index in [0.717, 1.165) is 6.07 Å². The second kappa shape index (κ2) is 5.02. The van der Waals surface area contributed by atoms with Gasteiger partial charge in [-0.1, -0.05) is 6.92 Å². The second-order valence-corrected chi connectivity index (χ2v) is 4.73. The molecule has 0 aliphatic heterocycles. The number of hydrogen-bond donors (Lipinski definition) is 1. The summed E-state index contributed by atoms with van der Waals surface area (Å²) in [7, 11) is -1.14. The van der Waals surface area contributed by atoms with Crippen molar-refractivity contribution in [3.63, 3.8) is 0 Å². The monoisotopic (exact) mass is 230 g/mol. The third-order valence-corrected chi connectivity index (χ3v) is 3.21. The van der Waals surface area contributed by atoms with Gasteiger partial charge in [-0.15, -0.1) is 0 Å². The van der Waals surface area contributed by atoms with Gasteiger partial charge in [0.15, 0.2) is 0 Å². The van der Waals surface area contributed by atoms with E-state index in [-0.39, 0.29) is 16.9 Å². The van der Waals surface area contributed by atoms with Gasteiger partial charge in [-0.3, -0.25) is 4.21 Å². The summed E-state index contributed by atoms with van der Waals surface area (Å²) in [5.74, 6) is -1.14. The molecule has 82 valence electrons. The summed E-state index contributed by atoms with van der Waals surface area (Å²) < 4.78 is 24.4. The molecular weight excluding hydrogens is 219 g/mol. The zero-order valence-electron chi connectivity index (χ0n) is 8.20. The van der Waals surface area contributed by atoms with Crippen LogP contribution in [-0.2, 0) is 16.6 Å². The van der Waals surface area contributed by atoms with E-state index < -0.39 is 22.6 Å². The normalized spacial score (nSPS) is 12.4. The molecule has 1 aromatic rings. The van der Waals surface area contributed by atoms with Crippen LogP contribution >= 0.6 is 0 Å². The van der Waals surface area contributed by atoms with Crippen LogP contribution in [-0.4, -0.2) is 21.0 Å². The molecule has 0 fully saturated rings. The first-order chi connectivity index (χ1) is 7.04. The smallest absolute Gasteiger partial charge is 0.335 e. The Kier molecular flexibility index (Phi) is 3.96. The molecule has 0 saturated carbocycles. The molecule has 1 rings (SSSR count). The summed E-state index contributed by atoms with van der Waals surface area (Å²) in [6, 6.07) is 3.51. The van der Waals surface area contributed by atoms with E-state index in [4.69, 9.17) is 5.11 Å². The van der Waals surface area contributed by atoms with Gasteiger partial charge in [-0.05, 0) is 18.2 Å². The lowest BCUT2D eigenvalue weighted by Crippen LogP contribution is -2.03. The van der Waals surface area contributed by atoms with Crippen molar-refractivity contribution >= 4 is 16.8 Å². The molecule has 15 heavy (non-hydrogen) atoms. The van der Waals surface area contributed by atoms with Gasteiger partial charge in [0.2, 0.25) is 0 Å². The van der Waals surface area contributed by atoms with Gasteiger partial charge < -0.3 is 5.11 Å². The Morgan fingerprint density at radius 1 is 1.53 bits per heavy atom. The third-order valence-electron chi connectivity index (χ3n) is 1.93. The molecule has 1 N–H and O–H groups in total. The molecule has 0 radical (unpaired) electrons. The Balaban J connectivity index is 3.00. The molecule has 0 spiro atoms. The first kappa shape index (κ1) is 11.8. The van der Waals surface area contributed by atoms with E-state index in [0.29, 0.717) is 5.75 Å². The maximum atomic E-state index is 13.2. The molecule has 1 unspecified atom stereocenters. The van der Waals surface area contributed by atoms with Crippen molar-refractivity contribution in [2.24, 2.45) is 0 Å². The SMILES string of the molecule is CCS(=O)Cc1cc(C(=O)O)ccc1F. The van der Waals surface area contributed by atoms with Gasteiger partial charge in [-0.25, -0.2) is 9.18 Å². The van der Waals surface area contributed by atoms with Crippen LogP contribution in [0.5, 0.6) is 0 Å². The van der Waals surface area contributed by atoms with Gasteiger partial charge in [0.25, 0.3) is 0 Å². The van der Waals surface area contributed by atoms with Gasteiger partial charge in [0, 0.05) is 22.1 Å². The quantitative estimate of drug-likeness (QED) is 0.858. The Bertz CT molecular complexity index is 404. The van der Waals surface area contributed by atoms with Crippen LogP contribution in [0, 0.1) is 5.82 Å². The average molecular weight is 230 g/mol. The largest absolute Gasteiger partial charge is 0.478 e. The number of benzene rings is 1. The number of hydrogen-bond acceptors (Lipinski definition) is 2. The fraction of sp³-hybridized carbons (Fsp3) is 0.300. The van der Waals surface area contributed by atoms with E-state index >= 15 is 0 Å². The van der Waals surface area contributed by atoms with Crippen molar-refractivity contribution in [3.05, 3.63) is 35.1 Å². The van der Waals surface area contributed by atoms with Crippen molar-refractivity contribution in [2.75, 3.05) is 5.75 Å². The number of carboxylic acid groups (broad SMARTS) is 1. The lowest BCUT2D eigenvalue weighted by Gasteiger charge is -2.03. The molecule has 0 saturated heterocycles. The van der Waals surface area contributed by atoms with Crippen LogP contribution in [0.15, 0.2) is 18.2 Å². The molecule has 0 aliphatic rings. The molecule has 0 bridgehead atoms. The summed E-state index contributed by atoms with van der Waals surface area (Å²) in [6.07, 6.45) is 0. The molecule has 0 heterocycles. The van der Waals surface area contributed by atoms with Gasteiger partial charge >= 0.3 is 5.97 Å². The number of halogens is 1. The number of carboxylic acids is 1. The lowest BCUT2D eigenvalue weighted by molar-refractivity contribution is 0.0696. The van der Waals surface area contributed by atoms with Crippen LogP contribution in [0.3, 0.4) is 0 Å². The Hall–Kier alpha value is -1.23. The summed E-state index contributed by atoms with van der Waals surface area (Å²) >= 11 is 0. The van der Waals surface area contributed by atoms with Gasteiger partial charge in [0.1, 0.15) is 5.82 Å². The van der Waals surface area contributed by atoms with Crippen LogP contribution in [0.25, 0.3) is 0 Å². The Morgan fingerprint density at radius 3 is 2.73 bits per heavy atom. The fourth-order valence-corrected chi connectivity index (χ4v) is 1.87. The minimum absolute atomic E-state index is 0.0134. The summed E-state index contributed by atoms with van der Waals surface area (Å²) in [5.41, 5.74) is 0.203. The highest BCUT2D eigenvalue weighted by atomic mass is 32.2. The number of rotatable bonds is 4. The van der Waals surface area contributed by atoms with Crippen molar-refractivity contribution in [3.8, 4) is 0 Å². The zero-order chi connectivity index (χ0) is 11.4. The van der Waals surface area contributed by atoms with Crippen molar-refractivity contribution in [1.29, 1.82) is 0 Å². The lowest BCUT2D eigenvalue weighted by atomic mass is 10.1. The predicted octanol–water partition coefficient (Wildman–Crippen LogP) is 1.79. The highest BCUT2D eigenvalue weighted by molar-refractivity contribution is 7.84. The predicted molar refractivity (Wildman–Crippen MR) is 55.7 cm³/mol. The van der Waals surface area contributed by atoms with Gasteiger partial charge in [0.05, 0.1) is 11.3 Å². The van der Waals surface area contributed by atoms with E-state index in [9.17, 15) is 13.4 Å². The van der Waals surface area contributed by atoms with E-state index in [1.807, 2.05) is 0 Å². The van der Waals surface area contributed by atoms with Crippen LogP contribution in [0.1, 0.15) is 22.8 Å². The molecule has 5 heteroatoms. The molecule has 1 atom stereocenters. The molecular formula is C10H11FO3S. The minimum atomic E-state index is -1.14. The highest BCUT2D eigenvalue weighted by Crippen LogP contribution is 2.13. The van der Waals surface area contributed by atoms with E-state index in [1.165, 1.54) is 12.1 Å². The topological polar surface area (TPSA) is 54.4 Å². The molecule has 0 aromatic heterocycles. The van der Waals surface area contributed by atoms with Crippen LogP contribution < -0.4 is 0 Å². The first-order valence-electron chi connectivity index (χ1n) is 4.41. The average Bonchev–Trinajstić information content (AvgIpc) is 2.20. The maximum Gasteiger partial charge on any atom is 0.335 e. The van der Waals surface area contributed by atoms with Crippen LogP contribution in [0.4, 0.5) is 4.39 Å². The van der Waals surface area contributed by atoms with Gasteiger partial charge in [-0.2, -0.15) is 0 Å². The molecule has 3 nitrogen and oxygen atoms in total. The second-order valence-electron chi connectivity index (χ2n) is 2.98. The number of carbonyl (C=O) groups is 1. The number of aromatic carboxylic acids is 1. The van der Waals surface area contributed by atoms with Crippen molar-refractivity contribution < 1.29 is 18.5 Å². The Labute approximate surface area is 89.4 Å². The summed E-state index contributed by atoms with van der Waals surface area (Å²) in [6.45, 7) is 1.73. The third kappa shape index (κ3) is 3.13. The summed E-state index contributed by atoms with van der Waals surface area (Å²) in [4.78, 5) is 10.6. The van der Waals surface area contributed by atoms with Crippen molar-refractivity contribution in [2.45, 2.75) is 12.7 Å². The maximum absolute atomic E-state index is 13.2. The fourth-order valence-electron chi connectivity index (χ4n) is 1.09. The standard InChI is InChI=1S/C10H11FO3S/c1-2-15(14)6-8-5-7(10(12)13)3-4-9(8)11/h3-5H,2,6H2,1H3,(H,12,13). The van der Waals surface area contributed by atoms with Crippen LogP contribution in [0.2, 0.25) is 0 Å². The Morgan fingerprint density at radius 2 is 2.20 bits per heavy atom. The first-order valence-corrected chi connectivity index (χ1v) is 5.90.